The average Bonchev–Trinajstić information content (AvgIpc) is 3.33. The highest BCUT2D eigenvalue weighted by Gasteiger charge is 2.29. The molecule has 0 saturated carbocycles. The Morgan fingerprint density at radius 1 is 1.16 bits per heavy atom. The first-order valence-electron chi connectivity index (χ1n) is 9.76. The maximum atomic E-state index is 12.1. The average molecular weight is 456 g/mol. The molecule has 2 heterocycles. The van der Waals surface area contributed by atoms with Gasteiger partial charge in [-0.05, 0) is 25.5 Å². The van der Waals surface area contributed by atoms with Crippen molar-refractivity contribution in [2.75, 3.05) is 6.54 Å². The van der Waals surface area contributed by atoms with Crippen LogP contribution in [0.25, 0.3) is 10.6 Å². The number of hydrogen-bond acceptors (Lipinski definition) is 7. The normalized spacial score (nSPS) is 15.5. The molecule has 7 nitrogen and oxygen atoms in total. The van der Waals surface area contributed by atoms with Crippen LogP contribution in [0, 0.1) is 6.92 Å². The van der Waals surface area contributed by atoms with Crippen molar-refractivity contribution in [1.29, 1.82) is 0 Å². The number of fused-ring (bicyclic) bond motifs is 1. The van der Waals surface area contributed by atoms with E-state index in [1.165, 1.54) is 16.9 Å². The van der Waals surface area contributed by atoms with Crippen LogP contribution in [0.3, 0.4) is 0 Å². The highest BCUT2D eigenvalue weighted by atomic mass is 32.2. The number of sulfonamides is 1. The minimum Gasteiger partial charge on any atom is -0.459 e. The first-order chi connectivity index (χ1) is 14.9. The lowest BCUT2D eigenvalue weighted by Crippen LogP contribution is -2.22. The van der Waals surface area contributed by atoms with Gasteiger partial charge >= 0.3 is 5.97 Å². The number of amidine groups is 1. The fourth-order valence-corrected chi connectivity index (χ4v) is 5.16. The summed E-state index contributed by atoms with van der Waals surface area (Å²) in [5.41, 5.74) is 3.50. The SMILES string of the molecule is Cc1ccc(-c2nc(COC(=O)CCCN=C3NS(=O)(=O)c4ccccc43)cs2)cc1. The van der Waals surface area contributed by atoms with E-state index < -0.39 is 10.0 Å². The van der Waals surface area contributed by atoms with E-state index in [0.717, 1.165) is 10.6 Å². The van der Waals surface area contributed by atoms with Crippen LogP contribution in [0.2, 0.25) is 0 Å². The van der Waals surface area contributed by atoms with Crippen molar-refractivity contribution < 1.29 is 17.9 Å². The first kappa shape index (κ1) is 21.2. The van der Waals surface area contributed by atoms with Crippen LogP contribution >= 0.6 is 11.3 Å². The number of benzene rings is 2. The van der Waals surface area contributed by atoms with Crippen LogP contribution in [-0.2, 0) is 26.2 Å². The van der Waals surface area contributed by atoms with Gasteiger partial charge in [0, 0.05) is 29.5 Å². The van der Waals surface area contributed by atoms with Gasteiger partial charge in [0.05, 0.1) is 10.6 Å². The van der Waals surface area contributed by atoms with Gasteiger partial charge in [-0.2, -0.15) is 0 Å². The number of hydrogen-bond donors (Lipinski definition) is 1. The number of carbonyl (C=O) groups excluding carboxylic acids is 1. The van der Waals surface area contributed by atoms with Crippen LogP contribution in [0.5, 0.6) is 0 Å². The molecule has 0 unspecified atom stereocenters. The van der Waals surface area contributed by atoms with Crippen molar-refractivity contribution in [3.05, 3.63) is 70.7 Å². The van der Waals surface area contributed by atoms with E-state index in [9.17, 15) is 13.2 Å². The molecule has 0 saturated heterocycles. The Labute approximate surface area is 184 Å². The molecule has 160 valence electrons. The Balaban J connectivity index is 1.25. The van der Waals surface area contributed by atoms with E-state index in [-0.39, 0.29) is 23.9 Å². The second kappa shape index (κ2) is 8.99. The summed E-state index contributed by atoms with van der Waals surface area (Å²) in [6.07, 6.45) is 0.651. The number of rotatable bonds is 7. The van der Waals surface area contributed by atoms with Crippen molar-refractivity contribution >= 4 is 33.2 Å². The molecule has 0 aliphatic carbocycles. The standard InChI is InChI=1S/C22H21N3O4S2/c1-15-8-10-16(11-9-15)22-24-17(14-30-22)13-29-20(26)7-4-12-23-21-18-5-2-3-6-19(18)31(27,28)25-21/h2-3,5-6,8-11,14H,4,7,12-13H2,1H3,(H,23,25). The number of aryl methyl sites for hydroxylation is 1. The van der Waals surface area contributed by atoms with Gasteiger partial charge in [-0.25, -0.2) is 13.4 Å². The molecular formula is C22H21N3O4S2. The minimum atomic E-state index is -3.55. The summed E-state index contributed by atoms with van der Waals surface area (Å²) in [7, 11) is -3.55. The summed E-state index contributed by atoms with van der Waals surface area (Å²) in [5.74, 6) is -0.0208. The van der Waals surface area contributed by atoms with Gasteiger partial charge in [-0.3, -0.25) is 14.5 Å². The van der Waals surface area contributed by atoms with E-state index in [1.54, 1.807) is 24.3 Å². The zero-order valence-corrected chi connectivity index (χ0v) is 18.5. The number of ether oxygens (including phenoxy) is 1. The van der Waals surface area contributed by atoms with E-state index in [2.05, 4.69) is 14.7 Å². The topological polar surface area (TPSA) is 97.7 Å². The molecule has 9 heteroatoms. The van der Waals surface area contributed by atoms with Crippen molar-refractivity contribution in [3.63, 3.8) is 0 Å². The molecule has 0 fully saturated rings. The summed E-state index contributed by atoms with van der Waals surface area (Å²) < 4.78 is 31.9. The monoisotopic (exact) mass is 455 g/mol. The molecule has 0 radical (unpaired) electrons. The van der Waals surface area contributed by atoms with Crippen LogP contribution in [0.1, 0.15) is 29.7 Å². The number of aromatic nitrogens is 1. The van der Waals surface area contributed by atoms with Gasteiger partial charge in [0.1, 0.15) is 17.5 Å². The van der Waals surface area contributed by atoms with Gasteiger partial charge in [-0.15, -0.1) is 11.3 Å². The number of thiazole rings is 1. The molecule has 0 bridgehead atoms. The highest BCUT2D eigenvalue weighted by molar-refractivity contribution is 7.90. The lowest BCUT2D eigenvalue weighted by atomic mass is 10.2. The summed E-state index contributed by atoms with van der Waals surface area (Å²) in [6, 6.07) is 14.8. The lowest BCUT2D eigenvalue weighted by molar-refractivity contribution is -0.145. The Hall–Kier alpha value is -3.04. The molecule has 0 spiro atoms. The largest absolute Gasteiger partial charge is 0.459 e. The Bertz CT molecular complexity index is 1230. The molecule has 0 amide bonds. The van der Waals surface area contributed by atoms with Gasteiger partial charge in [-0.1, -0.05) is 42.0 Å². The molecule has 1 aliphatic rings. The molecule has 31 heavy (non-hydrogen) atoms. The molecule has 1 N–H and O–H groups in total. The maximum Gasteiger partial charge on any atom is 0.306 e. The third-order valence-electron chi connectivity index (χ3n) is 4.70. The summed E-state index contributed by atoms with van der Waals surface area (Å²) in [5, 5.41) is 2.78. The second-order valence-corrected chi connectivity index (χ2v) is 9.62. The van der Waals surface area contributed by atoms with Gasteiger partial charge in [0.2, 0.25) is 0 Å². The Morgan fingerprint density at radius 3 is 2.74 bits per heavy atom. The molecule has 3 aromatic rings. The molecule has 4 rings (SSSR count). The molecule has 2 aromatic carbocycles. The van der Waals surface area contributed by atoms with E-state index in [4.69, 9.17) is 4.74 Å². The van der Waals surface area contributed by atoms with Crippen LogP contribution in [0.15, 0.2) is 63.8 Å². The van der Waals surface area contributed by atoms with Crippen molar-refractivity contribution in [1.82, 2.24) is 9.71 Å². The predicted octanol–water partition coefficient (Wildman–Crippen LogP) is 3.68. The van der Waals surface area contributed by atoms with Gasteiger partial charge in [0.15, 0.2) is 0 Å². The minimum absolute atomic E-state index is 0.128. The van der Waals surface area contributed by atoms with E-state index in [1.807, 2.05) is 36.6 Å². The number of carbonyl (C=O) groups is 1. The second-order valence-electron chi connectivity index (χ2n) is 7.11. The number of esters is 1. The number of nitrogens with one attached hydrogen (secondary N) is 1. The van der Waals surface area contributed by atoms with Gasteiger partial charge < -0.3 is 4.74 Å². The van der Waals surface area contributed by atoms with Gasteiger partial charge in [0.25, 0.3) is 10.0 Å². The van der Waals surface area contributed by atoms with Crippen LogP contribution < -0.4 is 4.72 Å². The molecular weight excluding hydrogens is 434 g/mol. The highest BCUT2D eigenvalue weighted by Crippen LogP contribution is 2.24. The predicted molar refractivity (Wildman–Crippen MR) is 119 cm³/mol. The molecule has 1 aromatic heterocycles. The maximum absolute atomic E-state index is 12.1. The lowest BCUT2D eigenvalue weighted by Gasteiger charge is -2.03. The van der Waals surface area contributed by atoms with Crippen LogP contribution in [0.4, 0.5) is 0 Å². The summed E-state index contributed by atoms with van der Waals surface area (Å²) in [6.45, 7) is 2.48. The fraction of sp³-hybridized carbons (Fsp3) is 0.227. The van der Waals surface area contributed by atoms with Crippen molar-refractivity contribution in [3.8, 4) is 10.6 Å². The summed E-state index contributed by atoms with van der Waals surface area (Å²) >= 11 is 1.51. The fourth-order valence-electron chi connectivity index (χ4n) is 3.09. The smallest absolute Gasteiger partial charge is 0.306 e. The Morgan fingerprint density at radius 2 is 1.94 bits per heavy atom. The van der Waals surface area contributed by atoms with Crippen molar-refractivity contribution in [2.24, 2.45) is 4.99 Å². The van der Waals surface area contributed by atoms with E-state index >= 15 is 0 Å². The number of nitrogens with zero attached hydrogens (tertiary/aromatic N) is 2. The first-order valence-corrected chi connectivity index (χ1v) is 12.1. The zero-order valence-electron chi connectivity index (χ0n) is 16.9. The van der Waals surface area contributed by atoms with Crippen molar-refractivity contribution in [2.45, 2.75) is 31.3 Å². The van der Waals surface area contributed by atoms with Crippen LogP contribution in [-0.4, -0.2) is 31.8 Å². The Kier molecular flexibility index (Phi) is 6.15. The molecule has 1 aliphatic heterocycles. The number of aliphatic imine (C=N–C) groups is 1. The summed E-state index contributed by atoms with van der Waals surface area (Å²) in [4.78, 5) is 21.1. The zero-order chi connectivity index (χ0) is 21.8. The third kappa shape index (κ3) is 5.00. The third-order valence-corrected chi connectivity index (χ3v) is 7.04. The quantitative estimate of drug-likeness (QED) is 0.433. The molecule has 0 atom stereocenters. The van der Waals surface area contributed by atoms with E-state index in [0.29, 0.717) is 30.1 Å².